The fourth-order valence-electron chi connectivity index (χ4n) is 2.23. The number of hydrogen-bond donors (Lipinski definition) is 0. The molecule has 17 heavy (non-hydrogen) atoms. The van der Waals surface area contributed by atoms with E-state index < -0.39 is 0 Å². The van der Waals surface area contributed by atoms with Crippen molar-refractivity contribution in [2.75, 3.05) is 6.61 Å². The Balaban J connectivity index is 1.81. The summed E-state index contributed by atoms with van der Waals surface area (Å²) in [4.78, 5) is 12.0. The molecule has 2 rings (SSSR count). The lowest BCUT2D eigenvalue weighted by Gasteiger charge is -2.34. The van der Waals surface area contributed by atoms with Crippen molar-refractivity contribution in [2.45, 2.75) is 32.3 Å². The van der Waals surface area contributed by atoms with Gasteiger partial charge in [-0.25, -0.2) is 0 Å². The van der Waals surface area contributed by atoms with Crippen molar-refractivity contribution in [3.63, 3.8) is 0 Å². The third kappa shape index (κ3) is 3.39. The van der Waals surface area contributed by atoms with Crippen LogP contribution in [-0.4, -0.2) is 18.5 Å². The second kappa shape index (κ2) is 5.78. The van der Waals surface area contributed by atoms with Crippen LogP contribution in [0.5, 0.6) is 0 Å². The molecule has 1 aliphatic carbocycles. The molecule has 0 radical (unpaired) electrons. The fraction of sp³-hybridized carbons (Fsp3) is 0.500. The number of rotatable bonds is 5. The normalized spacial score (nSPS) is 23.2. The van der Waals surface area contributed by atoms with Gasteiger partial charge in [-0.2, -0.15) is 0 Å². The summed E-state index contributed by atoms with van der Waals surface area (Å²) in [6, 6.07) is 7.59. The molecule has 1 aliphatic rings. The molecule has 0 aliphatic heterocycles. The van der Waals surface area contributed by atoms with Gasteiger partial charge in [-0.3, -0.25) is 4.79 Å². The monoisotopic (exact) mass is 296 g/mol. The van der Waals surface area contributed by atoms with E-state index in [1.165, 1.54) is 0 Å². The highest BCUT2D eigenvalue weighted by molar-refractivity contribution is 9.10. The zero-order valence-corrected chi connectivity index (χ0v) is 11.6. The molecule has 3 heteroatoms. The minimum absolute atomic E-state index is 0.248. The van der Waals surface area contributed by atoms with Crippen molar-refractivity contribution in [2.24, 2.45) is 5.92 Å². The molecular weight excluding hydrogens is 280 g/mol. The van der Waals surface area contributed by atoms with E-state index >= 15 is 0 Å². The van der Waals surface area contributed by atoms with Gasteiger partial charge in [0.2, 0.25) is 0 Å². The number of carbonyl (C=O) groups is 1. The minimum Gasteiger partial charge on any atom is -0.378 e. The Hall–Kier alpha value is -0.670. The molecule has 1 saturated carbocycles. The van der Waals surface area contributed by atoms with Gasteiger partial charge in [-0.05, 0) is 37.8 Å². The van der Waals surface area contributed by atoms with Crippen LogP contribution in [-0.2, 0) is 4.74 Å². The van der Waals surface area contributed by atoms with E-state index in [1.807, 2.05) is 31.2 Å². The van der Waals surface area contributed by atoms with Crippen LogP contribution < -0.4 is 0 Å². The Labute approximate surface area is 110 Å². The van der Waals surface area contributed by atoms with Gasteiger partial charge in [-0.1, -0.05) is 28.1 Å². The highest BCUT2D eigenvalue weighted by Crippen LogP contribution is 2.33. The van der Waals surface area contributed by atoms with Crippen molar-refractivity contribution in [1.82, 2.24) is 0 Å². The average Bonchev–Trinajstić information content (AvgIpc) is 2.27. The predicted molar refractivity (Wildman–Crippen MR) is 71.2 cm³/mol. The van der Waals surface area contributed by atoms with Gasteiger partial charge in [0, 0.05) is 23.1 Å². The van der Waals surface area contributed by atoms with E-state index in [9.17, 15) is 4.79 Å². The van der Waals surface area contributed by atoms with Crippen LogP contribution in [0, 0.1) is 5.92 Å². The summed E-state index contributed by atoms with van der Waals surface area (Å²) < 4.78 is 6.50. The van der Waals surface area contributed by atoms with Crippen LogP contribution in [0.3, 0.4) is 0 Å². The molecule has 0 N–H and O–H groups in total. The lowest BCUT2D eigenvalue weighted by atomic mass is 9.78. The summed E-state index contributed by atoms with van der Waals surface area (Å²) in [5.41, 5.74) is 0.813. The van der Waals surface area contributed by atoms with Crippen LogP contribution in [0.25, 0.3) is 0 Å². The molecule has 0 unspecified atom stereocenters. The molecule has 1 fully saturated rings. The molecule has 0 aromatic heterocycles. The van der Waals surface area contributed by atoms with Crippen molar-refractivity contribution in [3.8, 4) is 0 Å². The molecule has 0 atom stereocenters. The van der Waals surface area contributed by atoms with E-state index in [0.29, 0.717) is 18.4 Å². The molecular formula is C14H17BrO2. The van der Waals surface area contributed by atoms with Crippen LogP contribution in [0.1, 0.15) is 36.5 Å². The van der Waals surface area contributed by atoms with Crippen molar-refractivity contribution in [3.05, 3.63) is 34.3 Å². The number of ether oxygens (including phenoxy) is 1. The number of hydrogen-bond acceptors (Lipinski definition) is 2. The highest BCUT2D eigenvalue weighted by Gasteiger charge is 2.31. The molecule has 1 aromatic rings. The number of carbonyl (C=O) groups excluding carboxylic acids is 1. The van der Waals surface area contributed by atoms with Gasteiger partial charge in [0.15, 0.2) is 5.78 Å². The van der Waals surface area contributed by atoms with Crippen LogP contribution in [0.15, 0.2) is 28.7 Å². The number of ketones is 1. The Morgan fingerprint density at radius 3 is 2.59 bits per heavy atom. The summed E-state index contributed by atoms with van der Waals surface area (Å²) in [5.74, 6) is 0.764. The first kappa shape index (κ1) is 12.8. The second-order valence-electron chi connectivity index (χ2n) is 4.55. The molecule has 0 amide bonds. The molecule has 0 spiro atoms. The second-order valence-corrected chi connectivity index (χ2v) is 5.46. The average molecular weight is 297 g/mol. The first-order valence-corrected chi connectivity index (χ1v) is 6.88. The van der Waals surface area contributed by atoms with Crippen molar-refractivity contribution < 1.29 is 9.53 Å². The zero-order chi connectivity index (χ0) is 12.3. The van der Waals surface area contributed by atoms with Gasteiger partial charge >= 0.3 is 0 Å². The van der Waals surface area contributed by atoms with Gasteiger partial charge in [0.25, 0.3) is 0 Å². The Morgan fingerprint density at radius 1 is 1.35 bits per heavy atom. The van der Waals surface area contributed by atoms with E-state index in [4.69, 9.17) is 4.74 Å². The Morgan fingerprint density at radius 2 is 2.00 bits per heavy atom. The summed E-state index contributed by atoms with van der Waals surface area (Å²) in [6.45, 7) is 2.79. The van der Waals surface area contributed by atoms with E-state index in [1.54, 1.807) is 0 Å². The van der Waals surface area contributed by atoms with E-state index in [-0.39, 0.29) is 5.78 Å². The van der Waals surface area contributed by atoms with Gasteiger partial charge < -0.3 is 4.74 Å². The predicted octanol–water partition coefficient (Wildman–Crippen LogP) is 3.84. The third-order valence-electron chi connectivity index (χ3n) is 3.24. The zero-order valence-electron chi connectivity index (χ0n) is 9.99. The topological polar surface area (TPSA) is 26.3 Å². The number of Topliss-reactive ketones (excluding diaryl/α,β-unsaturated/α-hetero) is 1. The summed E-state index contributed by atoms with van der Waals surface area (Å²) in [6.07, 6.45) is 3.12. The van der Waals surface area contributed by atoms with Crippen LogP contribution in [0.2, 0.25) is 0 Å². The third-order valence-corrected chi connectivity index (χ3v) is 3.76. The maximum Gasteiger partial charge on any atom is 0.163 e. The number of halogens is 1. The SMILES string of the molecule is CCOC1CC(CC(=O)c2ccc(Br)cc2)C1. The maximum atomic E-state index is 12.0. The van der Waals surface area contributed by atoms with E-state index in [2.05, 4.69) is 15.9 Å². The fourth-order valence-corrected chi connectivity index (χ4v) is 2.49. The lowest BCUT2D eigenvalue weighted by Crippen LogP contribution is -2.32. The Kier molecular flexibility index (Phi) is 4.35. The van der Waals surface area contributed by atoms with E-state index in [0.717, 1.165) is 29.5 Å². The molecule has 0 heterocycles. The summed E-state index contributed by atoms with van der Waals surface area (Å²) >= 11 is 3.37. The van der Waals surface area contributed by atoms with Gasteiger partial charge in [0.05, 0.1) is 6.10 Å². The quantitative estimate of drug-likeness (QED) is 0.772. The minimum atomic E-state index is 0.248. The van der Waals surface area contributed by atoms with Crippen LogP contribution >= 0.6 is 15.9 Å². The van der Waals surface area contributed by atoms with Crippen LogP contribution in [0.4, 0.5) is 0 Å². The van der Waals surface area contributed by atoms with Crippen molar-refractivity contribution >= 4 is 21.7 Å². The summed E-state index contributed by atoms with van der Waals surface area (Å²) in [7, 11) is 0. The molecule has 1 aromatic carbocycles. The standard InChI is InChI=1S/C14H17BrO2/c1-2-17-13-7-10(8-13)9-14(16)11-3-5-12(15)6-4-11/h3-6,10,13H,2,7-9H2,1H3. The summed E-state index contributed by atoms with van der Waals surface area (Å²) in [5, 5.41) is 0. The smallest absolute Gasteiger partial charge is 0.163 e. The lowest BCUT2D eigenvalue weighted by molar-refractivity contribution is -0.0246. The van der Waals surface area contributed by atoms with Crippen molar-refractivity contribution in [1.29, 1.82) is 0 Å². The first-order chi connectivity index (χ1) is 8.19. The molecule has 92 valence electrons. The molecule has 2 nitrogen and oxygen atoms in total. The Bertz CT molecular complexity index is 380. The first-order valence-electron chi connectivity index (χ1n) is 6.09. The number of benzene rings is 1. The highest BCUT2D eigenvalue weighted by atomic mass is 79.9. The molecule has 0 saturated heterocycles. The van der Waals surface area contributed by atoms with Gasteiger partial charge in [0.1, 0.15) is 0 Å². The molecule has 0 bridgehead atoms. The largest absolute Gasteiger partial charge is 0.378 e. The maximum absolute atomic E-state index is 12.0. The van der Waals surface area contributed by atoms with Gasteiger partial charge in [-0.15, -0.1) is 0 Å².